The molecule has 1 fully saturated rings. The van der Waals surface area contributed by atoms with Crippen molar-refractivity contribution in [3.05, 3.63) is 29.3 Å². The van der Waals surface area contributed by atoms with Crippen molar-refractivity contribution in [2.45, 2.75) is 32.2 Å². The minimum Gasteiger partial charge on any atom is -0.496 e. The number of carbonyl (C=O) groups excluding carboxylic acids is 2. The Hall–Kier alpha value is -2.24. The molecule has 0 aliphatic carbocycles. The first kappa shape index (κ1) is 16.1. The molecule has 0 spiro atoms. The Balaban J connectivity index is 2.16. The molecule has 22 heavy (non-hydrogen) atoms. The van der Waals surface area contributed by atoms with Gasteiger partial charge in [0.1, 0.15) is 5.75 Å². The van der Waals surface area contributed by atoms with Gasteiger partial charge in [0.25, 0.3) is 5.91 Å². The van der Waals surface area contributed by atoms with Crippen LogP contribution < -0.4 is 15.8 Å². The van der Waals surface area contributed by atoms with Gasteiger partial charge in [-0.2, -0.15) is 0 Å². The lowest BCUT2D eigenvalue weighted by molar-refractivity contribution is 0.0615. The van der Waals surface area contributed by atoms with Crippen LogP contribution in [0.4, 0.5) is 4.79 Å². The average molecular weight is 305 g/mol. The predicted octanol–water partition coefficient (Wildman–Crippen LogP) is 1.67. The number of aryl methyl sites for hydroxylation is 1. The number of methoxy groups -OCH3 is 1. The predicted molar refractivity (Wildman–Crippen MR) is 84.0 cm³/mol. The first-order valence-corrected chi connectivity index (χ1v) is 7.52. The number of ether oxygens (including phenoxy) is 1. The Morgan fingerprint density at radius 2 is 2.18 bits per heavy atom. The first-order valence-electron chi connectivity index (χ1n) is 7.52. The fraction of sp³-hybridized carbons (Fsp3) is 0.500. The number of urea groups is 1. The number of primary amides is 1. The van der Waals surface area contributed by atoms with Gasteiger partial charge in [-0.3, -0.25) is 4.79 Å². The van der Waals surface area contributed by atoms with Gasteiger partial charge in [-0.05, 0) is 43.9 Å². The number of carbonyl (C=O) groups is 2. The number of piperidine rings is 1. The molecule has 6 nitrogen and oxygen atoms in total. The summed E-state index contributed by atoms with van der Waals surface area (Å²) in [7, 11) is 1.59. The molecule has 2 rings (SSSR count). The van der Waals surface area contributed by atoms with Crippen LogP contribution >= 0.6 is 0 Å². The van der Waals surface area contributed by atoms with Crippen molar-refractivity contribution in [3.63, 3.8) is 0 Å². The zero-order valence-electron chi connectivity index (χ0n) is 13.1. The highest BCUT2D eigenvalue weighted by Gasteiger charge is 2.27. The van der Waals surface area contributed by atoms with E-state index in [1.54, 1.807) is 13.2 Å². The normalized spacial score (nSPS) is 17.9. The van der Waals surface area contributed by atoms with Gasteiger partial charge in [0, 0.05) is 24.7 Å². The molecule has 3 amide bonds. The molecule has 0 aromatic heterocycles. The quantitative estimate of drug-likeness (QED) is 0.887. The van der Waals surface area contributed by atoms with Crippen LogP contribution in [0, 0.1) is 6.92 Å². The van der Waals surface area contributed by atoms with Crippen LogP contribution in [0.15, 0.2) is 18.2 Å². The zero-order valence-corrected chi connectivity index (χ0v) is 13.1. The van der Waals surface area contributed by atoms with Crippen LogP contribution in [0.25, 0.3) is 0 Å². The van der Waals surface area contributed by atoms with E-state index in [-0.39, 0.29) is 11.9 Å². The van der Waals surface area contributed by atoms with Crippen molar-refractivity contribution in [2.75, 3.05) is 20.2 Å². The van der Waals surface area contributed by atoms with Crippen molar-refractivity contribution < 1.29 is 14.3 Å². The number of likely N-dealkylation sites (tertiary alicyclic amines) is 1. The van der Waals surface area contributed by atoms with Crippen LogP contribution in [-0.2, 0) is 0 Å². The summed E-state index contributed by atoms with van der Waals surface area (Å²) >= 11 is 0. The summed E-state index contributed by atoms with van der Waals surface area (Å²) in [5.74, 6) is 0.670. The number of nitrogens with two attached hydrogens (primary N) is 1. The number of amides is 3. The number of hydrogen-bond acceptors (Lipinski definition) is 3. The average Bonchev–Trinajstić information content (AvgIpc) is 2.53. The van der Waals surface area contributed by atoms with Crippen molar-refractivity contribution in [2.24, 2.45) is 5.73 Å². The van der Waals surface area contributed by atoms with E-state index in [4.69, 9.17) is 10.5 Å². The molecule has 0 radical (unpaired) electrons. The molecule has 1 aromatic carbocycles. The van der Waals surface area contributed by atoms with E-state index in [9.17, 15) is 9.59 Å². The van der Waals surface area contributed by atoms with Crippen molar-refractivity contribution in [1.82, 2.24) is 10.2 Å². The third kappa shape index (κ3) is 3.69. The highest BCUT2D eigenvalue weighted by molar-refractivity contribution is 5.95. The van der Waals surface area contributed by atoms with Crippen LogP contribution in [0.2, 0.25) is 0 Å². The largest absolute Gasteiger partial charge is 0.496 e. The Kier molecular flexibility index (Phi) is 5.25. The molecular formula is C16H23N3O3. The van der Waals surface area contributed by atoms with Gasteiger partial charge in [0.05, 0.1) is 7.11 Å². The Labute approximate surface area is 130 Å². The minimum atomic E-state index is -0.560. The lowest BCUT2D eigenvalue weighted by Gasteiger charge is -2.36. The van der Waals surface area contributed by atoms with Crippen molar-refractivity contribution in [3.8, 4) is 5.75 Å². The monoisotopic (exact) mass is 305 g/mol. The lowest BCUT2D eigenvalue weighted by atomic mass is 10.00. The molecule has 1 saturated heterocycles. The topological polar surface area (TPSA) is 84.7 Å². The fourth-order valence-corrected chi connectivity index (χ4v) is 2.82. The molecule has 1 aliphatic heterocycles. The highest BCUT2D eigenvalue weighted by atomic mass is 16.5. The number of benzene rings is 1. The molecule has 3 N–H and O–H groups in total. The molecule has 1 aromatic rings. The highest BCUT2D eigenvalue weighted by Crippen LogP contribution is 2.23. The summed E-state index contributed by atoms with van der Waals surface area (Å²) in [5.41, 5.74) is 6.72. The number of nitrogens with one attached hydrogen (secondary N) is 1. The second kappa shape index (κ2) is 7.15. The van der Waals surface area contributed by atoms with Crippen LogP contribution in [-0.4, -0.2) is 43.1 Å². The Morgan fingerprint density at radius 3 is 2.86 bits per heavy atom. The van der Waals surface area contributed by atoms with Gasteiger partial charge in [-0.25, -0.2) is 4.79 Å². The standard InChI is InChI=1S/C16H23N3O3/c1-11-6-7-12(9-14(11)22-2)15(20)19-8-4-3-5-13(19)10-18-16(17)21/h6-7,9,13H,3-5,8,10H2,1-2H3,(H3,17,18,21)/t13-/m1/s1. The van der Waals surface area contributed by atoms with Gasteiger partial charge in [-0.1, -0.05) is 6.07 Å². The van der Waals surface area contributed by atoms with E-state index >= 15 is 0 Å². The van der Waals surface area contributed by atoms with Crippen LogP contribution in [0.3, 0.4) is 0 Å². The van der Waals surface area contributed by atoms with Crippen molar-refractivity contribution in [1.29, 1.82) is 0 Å². The second-order valence-corrected chi connectivity index (χ2v) is 5.58. The molecule has 1 aliphatic rings. The van der Waals surface area contributed by atoms with E-state index in [0.717, 1.165) is 24.8 Å². The smallest absolute Gasteiger partial charge is 0.312 e. The maximum absolute atomic E-state index is 12.8. The molecule has 120 valence electrons. The summed E-state index contributed by atoms with van der Waals surface area (Å²) in [6.45, 7) is 3.03. The van der Waals surface area contributed by atoms with Gasteiger partial charge >= 0.3 is 6.03 Å². The molecule has 0 saturated carbocycles. The summed E-state index contributed by atoms with van der Waals surface area (Å²) in [6.07, 6.45) is 2.89. The molecule has 0 bridgehead atoms. The summed E-state index contributed by atoms with van der Waals surface area (Å²) < 4.78 is 5.28. The zero-order chi connectivity index (χ0) is 16.1. The Morgan fingerprint density at radius 1 is 1.41 bits per heavy atom. The number of nitrogens with zero attached hydrogens (tertiary/aromatic N) is 1. The summed E-state index contributed by atoms with van der Waals surface area (Å²) in [4.78, 5) is 25.5. The maximum atomic E-state index is 12.8. The van der Waals surface area contributed by atoms with Crippen LogP contribution in [0.5, 0.6) is 5.75 Å². The Bertz CT molecular complexity index is 560. The van der Waals surface area contributed by atoms with E-state index in [0.29, 0.717) is 24.4 Å². The van der Waals surface area contributed by atoms with Crippen LogP contribution in [0.1, 0.15) is 35.2 Å². The number of hydrogen-bond donors (Lipinski definition) is 2. The lowest BCUT2D eigenvalue weighted by Crippen LogP contribution is -2.50. The molecule has 6 heteroatoms. The minimum absolute atomic E-state index is 0.0129. The fourth-order valence-electron chi connectivity index (χ4n) is 2.82. The van der Waals surface area contributed by atoms with Gasteiger partial charge in [0.15, 0.2) is 0 Å². The first-order chi connectivity index (χ1) is 10.5. The summed E-state index contributed by atoms with van der Waals surface area (Å²) in [5, 5.41) is 2.60. The molecule has 1 heterocycles. The van der Waals surface area contributed by atoms with E-state index in [1.807, 2.05) is 24.0 Å². The van der Waals surface area contributed by atoms with Gasteiger partial charge in [-0.15, -0.1) is 0 Å². The molecule has 1 atom stereocenters. The third-order valence-corrected chi connectivity index (χ3v) is 4.05. The third-order valence-electron chi connectivity index (χ3n) is 4.05. The van der Waals surface area contributed by atoms with E-state index < -0.39 is 6.03 Å². The SMILES string of the molecule is COc1cc(C(=O)N2CCCC[C@@H]2CNC(N)=O)ccc1C. The van der Waals surface area contributed by atoms with Gasteiger partial charge in [0.2, 0.25) is 0 Å². The molecular weight excluding hydrogens is 282 g/mol. The second-order valence-electron chi connectivity index (χ2n) is 5.58. The van der Waals surface area contributed by atoms with Gasteiger partial charge < -0.3 is 20.7 Å². The van der Waals surface area contributed by atoms with Crippen molar-refractivity contribution >= 4 is 11.9 Å². The molecule has 0 unspecified atom stereocenters. The van der Waals surface area contributed by atoms with E-state index in [2.05, 4.69) is 5.32 Å². The summed E-state index contributed by atoms with van der Waals surface area (Å²) in [6, 6.07) is 4.89. The number of rotatable bonds is 4. The maximum Gasteiger partial charge on any atom is 0.312 e. The van der Waals surface area contributed by atoms with E-state index in [1.165, 1.54) is 0 Å².